The lowest BCUT2D eigenvalue weighted by Crippen LogP contribution is -2.13. The van der Waals surface area contributed by atoms with Gasteiger partial charge in [-0.3, -0.25) is 4.72 Å². The van der Waals surface area contributed by atoms with E-state index in [1.54, 1.807) is 25.1 Å². The van der Waals surface area contributed by atoms with E-state index < -0.39 is 10.0 Å². The molecule has 1 aromatic heterocycles. The van der Waals surface area contributed by atoms with Crippen molar-refractivity contribution in [2.75, 3.05) is 4.72 Å². The smallest absolute Gasteiger partial charge is 0.264 e. The van der Waals surface area contributed by atoms with Crippen LogP contribution in [0.5, 0.6) is 5.75 Å². The fraction of sp³-hybridized carbons (Fsp3) is 0.0769. The summed E-state index contributed by atoms with van der Waals surface area (Å²) in [7, 11) is -3.85. The number of aryl methyl sites for hydroxylation is 1. The van der Waals surface area contributed by atoms with Crippen LogP contribution in [-0.2, 0) is 10.0 Å². The molecule has 3 rings (SSSR count). The van der Waals surface area contributed by atoms with Gasteiger partial charge in [-0.2, -0.15) is 8.75 Å². The highest BCUT2D eigenvalue weighted by molar-refractivity contribution is 7.93. The molecule has 0 radical (unpaired) electrons. The second-order valence-electron chi connectivity index (χ2n) is 4.51. The number of benzene rings is 2. The maximum atomic E-state index is 12.5. The largest absolute Gasteiger partial charge is 0.506 e. The summed E-state index contributed by atoms with van der Waals surface area (Å²) >= 11 is 0.953. The molecule has 21 heavy (non-hydrogen) atoms. The van der Waals surface area contributed by atoms with Crippen molar-refractivity contribution in [1.82, 2.24) is 8.75 Å². The highest BCUT2D eigenvalue weighted by atomic mass is 32.2. The molecule has 108 valence electrons. The lowest BCUT2D eigenvalue weighted by atomic mass is 10.2. The van der Waals surface area contributed by atoms with Gasteiger partial charge in [-0.1, -0.05) is 12.1 Å². The number of aromatic hydroxyl groups is 1. The molecule has 0 atom stereocenters. The molecule has 0 aliphatic rings. The summed E-state index contributed by atoms with van der Waals surface area (Å²) < 4.78 is 35.3. The SMILES string of the molecule is Cc1ccc(NS(=O)(=O)c2cccc3nsnc23)c(O)c1. The highest BCUT2D eigenvalue weighted by Crippen LogP contribution is 2.28. The van der Waals surface area contributed by atoms with Crippen LogP contribution >= 0.6 is 11.7 Å². The normalized spacial score (nSPS) is 11.7. The second kappa shape index (κ2) is 4.97. The number of fused-ring (bicyclic) bond motifs is 1. The van der Waals surface area contributed by atoms with E-state index in [9.17, 15) is 13.5 Å². The lowest BCUT2D eigenvalue weighted by Gasteiger charge is -2.10. The van der Waals surface area contributed by atoms with Crippen molar-refractivity contribution in [2.45, 2.75) is 11.8 Å². The molecule has 0 saturated heterocycles. The number of phenols is 1. The van der Waals surface area contributed by atoms with Gasteiger partial charge in [-0.15, -0.1) is 0 Å². The monoisotopic (exact) mass is 321 g/mol. The molecule has 0 bridgehead atoms. The third kappa shape index (κ3) is 2.55. The molecule has 2 N–H and O–H groups in total. The predicted octanol–water partition coefficient (Wildman–Crippen LogP) is 2.51. The maximum absolute atomic E-state index is 12.5. The van der Waals surface area contributed by atoms with Crippen molar-refractivity contribution in [3.05, 3.63) is 42.0 Å². The van der Waals surface area contributed by atoms with Gasteiger partial charge in [0.15, 0.2) is 0 Å². The number of nitrogens with one attached hydrogen (secondary N) is 1. The van der Waals surface area contributed by atoms with E-state index in [1.807, 2.05) is 0 Å². The lowest BCUT2D eigenvalue weighted by molar-refractivity contribution is 0.477. The molecule has 1 heterocycles. The molecule has 3 aromatic rings. The molecule has 0 fully saturated rings. The Labute approximate surface area is 125 Å². The van der Waals surface area contributed by atoms with Crippen molar-refractivity contribution in [1.29, 1.82) is 0 Å². The Morgan fingerprint density at radius 3 is 2.76 bits per heavy atom. The minimum absolute atomic E-state index is 0.0359. The summed E-state index contributed by atoms with van der Waals surface area (Å²) in [6, 6.07) is 9.47. The Balaban J connectivity index is 2.06. The number of rotatable bonds is 3. The van der Waals surface area contributed by atoms with Gasteiger partial charge in [0.25, 0.3) is 10.0 Å². The van der Waals surface area contributed by atoms with Crippen LogP contribution < -0.4 is 4.72 Å². The Bertz CT molecular complexity index is 919. The summed E-state index contributed by atoms with van der Waals surface area (Å²) in [4.78, 5) is 0.0359. The van der Waals surface area contributed by atoms with E-state index in [0.29, 0.717) is 11.0 Å². The molecule has 0 aliphatic heterocycles. The first kappa shape index (κ1) is 13.8. The summed E-state index contributed by atoms with van der Waals surface area (Å²) in [5, 5.41) is 9.82. The number of nitrogens with zero attached hydrogens (tertiary/aromatic N) is 2. The Morgan fingerprint density at radius 2 is 2.00 bits per heavy atom. The van der Waals surface area contributed by atoms with Crippen LogP contribution in [0.15, 0.2) is 41.3 Å². The van der Waals surface area contributed by atoms with Crippen LogP contribution in [0.2, 0.25) is 0 Å². The van der Waals surface area contributed by atoms with E-state index in [4.69, 9.17) is 0 Å². The number of sulfonamides is 1. The Hall–Kier alpha value is -2.19. The summed E-state index contributed by atoms with van der Waals surface area (Å²) in [5.41, 5.74) is 1.81. The van der Waals surface area contributed by atoms with E-state index in [1.165, 1.54) is 18.2 Å². The van der Waals surface area contributed by atoms with Crippen LogP contribution in [0.3, 0.4) is 0 Å². The average Bonchev–Trinajstić information content (AvgIpc) is 2.90. The summed E-state index contributed by atoms with van der Waals surface area (Å²) in [6.07, 6.45) is 0. The topological polar surface area (TPSA) is 92.2 Å². The van der Waals surface area contributed by atoms with Crippen molar-refractivity contribution in [2.24, 2.45) is 0 Å². The molecular weight excluding hydrogens is 310 g/mol. The van der Waals surface area contributed by atoms with Gasteiger partial charge < -0.3 is 5.11 Å². The molecule has 0 unspecified atom stereocenters. The van der Waals surface area contributed by atoms with Crippen molar-refractivity contribution >= 4 is 38.5 Å². The van der Waals surface area contributed by atoms with Gasteiger partial charge >= 0.3 is 0 Å². The number of aromatic nitrogens is 2. The zero-order chi connectivity index (χ0) is 15.0. The Morgan fingerprint density at radius 1 is 1.19 bits per heavy atom. The van der Waals surface area contributed by atoms with E-state index in [2.05, 4.69) is 13.5 Å². The van der Waals surface area contributed by atoms with Gasteiger partial charge in [0.1, 0.15) is 21.7 Å². The van der Waals surface area contributed by atoms with Gasteiger partial charge in [-0.25, -0.2) is 8.42 Å². The first-order valence-corrected chi connectivity index (χ1v) is 8.22. The van der Waals surface area contributed by atoms with E-state index in [-0.39, 0.29) is 16.3 Å². The minimum atomic E-state index is -3.85. The second-order valence-corrected chi connectivity index (χ2v) is 6.69. The van der Waals surface area contributed by atoms with Gasteiger partial charge in [0, 0.05) is 0 Å². The molecule has 0 spiro atoms. The fourth-order valence-corrected chi connectivity index (χ4v) is 3.77. The third-order valence-corrected chi connectivity index (χ3v) is 4.88. The number of anilines is 1. The zero-order valence-corrected chi connectivity index (χ0v) is 12.6. The van der Waals surface area contributed by atoms with Crippen LogP contribution in [0.1, 0.15) is 5.56 Å². The standard InChI is InChI=1S/C13H11N3O3S2/c1-8-5-6-9(11(17)7-8)16-21(18,19)12-4-2-3-10-13(12)15-20-14-10/h2-7,16-17H,1H3. The molecule has 6 nitrogen and oxygen atoms in total. The van der Waals surface area contributed by atoms with Crippen LogP contribution in [0.4, 0.5) is 5.69 Å². The van der Waals surface area contributed by atoms with Crippen molar-refractivity contribution in [3.8, 4) is 5.75 Å². The molecule has 2 aromatic carbocycles. The average molecular weight is 321 g/mol. The number of hydrogen-bond acceptors (Lipinski definition) is 6. The van der Waals surface area contributed by atoms with E-state index in [0.717, 1.165) is 17.3 Å². The number of phenolic OH excluding ortho intramolecular Hbond substituents is 1. The third-order valence-electron chi connectivity index (χ3n) is 2.94. The summed E-state index contributed by atoms with van der Waals surface area (Å²) in [5.74, 6) is -0.123. The quantitative estimate of drug-likeness (QED) is 0.723. The number of hydrogen-bond donors (Lipinski definition) is 2. The first-order chi connectivity index (χ1) is 9.97. The predicted molar refractivity (Wildman–Crippen MR) is 81.1 cm³/mol. The van der Waals surface area contributed by atoms with Gasteiger partial charge in [0.05, 0.1) is 17.4 Å². The molecular formula is C13H11N3O3S2. The minimum Gasteiger partial charge on any atom is -0.506 e. The van der Waals surface area contributed by atoms with Crippen LogP contribution in [0.25, 0.3) is 11.0 Å². The molecule has 0 amide bonds. The van der Waals surface area contributed by atoms with E-state index >= 15 is 0 Å². The molecule has 0 aliphatic carbocycles. The van der Waals surface area contributed by atoms with Crippen LogP contribution in [0, 0.1) is 6.92 Å². The van der Waals surface area contributed by atoms with Crippen LogP contribution in [-0.4, -0.2) is 22.3 Å². The maximum Gasteiger partial charge on any atom is 0.264 e. The van der Waals surface area contributed by atoms with Gasteiger partial charge in [0.2, 0.25) is 0 Å². The van der Waals surface area contributed by atoms with Crippen molar-refractivity contribution < 1.29 is 13.5 Å². The molecule has 0 saturated carbocycles. The first-order valence-electron chi connectivity index (χ1n) is 6.01. The molecule has 8 heteroatoms. The summed E-state index contributed by atoms with van der Waals surface area (Å²) in [6.45, 7) is 1.81. The van der Waals surface area contributed by atoms with Crippen molar-refractivity contribution in [3.63, 3.8) is 0 Å². The zero-order valence-electron chi connectivity index (χ0n) is 10.9. The van der Waals surface area contributed by atoms with Gasteiger partial charge in [-0.05, 0) is 36.8 Å². The Kier molecular flexibility index (Phi) is 3.26. The fourth-order valence-electron chi connectivity index (χ4n) is 1.93. The highest BCUT2D eigenvalue weighted by Gasteiger charge is 2.20.